The number of methoxy groups -OCH3 is 1. The molecule has 1 saturated heterocycles. The van der Waals surface area contributed by atoms with E-state index in [2.05, 4.69) is 5.32 Å². The first kappa shape index (κ1) is 28.3. The molecule has 4 atom stereocenters. The maximum absolute atomic E-state index is 15.5. The molecule has 1 aliphatic rings. The van der Waals surface area contributed by atoms with Crippen molar-refractivity contribution in [2.45, 2.75) is 50.2 Å². The van der Waals surface area contributed by atoms with Gasteiger partial charge in [0.15, 0.2) is 0 Å². The van der Waals surface area contributed by atoms with Gasteiger partial charge >= 0.3 is 5.97 Å². The summed E-state index contributed by atoms with van der Waals surface area (Å²) in [6, 6.07) is 14.0. The first-order valence-corrected chi connectivity index (χ1v) is 12.9. The molecular formula is C29H30Cl2F2N2O3. The van der Waals surface area contributed by atoms with Gasteiger partial charge < -0.3 is 15.6 Å². The summed E-state index contributed by atoms with van der Waals surface area (Å²) in [5.41, 5.74) is 6.13. The van der Waals surface area contributed by atoms with Crippen LogP contribution in [-0.2, 0) is 16.8 Å². The molecule has 1 aliphatic heterocycles. The highest BCUT2D eigenvalue weighted by molar-refractivity contribution is 6.31. The Morgan fingerprint density at radius 1 is 1.13 bits per heavy atom. The number of nitrogens with two attached hydrogens (primary N) is 1. The molecule has 202 valence electrons. The Morgan fingerprint density at radius 2 is 1.82 bits per heavy atom. The normalized spacial score (nSPS) is 23.4. The second kappa shape index (κ2) is 10.8. The predicted octanol–water partition coefficient (Wildman–Crippen LogP) is 6.30. The molecule has 0 radical (unpaired) electrons. The van der Waals surface area contributed by atoms with Crippen molar-refractivity contribution in [1.82, 2.24) is 5.32 Å². The van der Waals surface area contributed by atoms with E-state index in [1.54, 1.807) is 7.11 Å². The van der Waals surface area contributed by atoms with Crippen LogP contribution < -0.4 is 15.8 Å². The summed E-state index contributed by atoms with van der Waals surface area (Å²) in [5, 5.41) is 13.3. The molecule has 3 aromatic rings. The van der Waals surface area contributed by atoms with Crippen LogP contribution in [0.3, 0.4) is 0 Å². The Balaban J connectivity index is 1.82. The average Bonchev–Trinajstić information content (AvgIpc) is 3.13. The van der Waals surface area contributed by atoms with Crippen LogP contribution in [0.5, 0.6) is 5.75 Å². The fourth-order valence-corrected chi connectivity index (χ4v) is 6.04. The molecule has 1 heterocycles. The summed E-state index contributed by atoms with van der Waals surface area (Å²) in [5.74, 6) is -3.14. The van der Waals surface area contributed by atoms with Gasteiger partial charge in [0.25, 0.3) is 0 Å². The third-order valence-electron chi connectivity index (χ3n) is 7.38. The number of benzene rings is 3. The molecule has 4 N–H and O–H groups in total. The van der Waals surface area contributed by atoms with Crippen LogP contribution in [0.4, 0.5) is 8.78 Å². The first-order chi connectivity index (χ1) is 17.9. The number of nitrogens with one attached hydrogen (secondary N) is 1. The molecule has 3 aromatic carbocycles. The Kier molecular flexibility index (Phi) is 8.05. The molecule has 0 aromatic heterocycles. The van der Waals surface area contributed by atoms with Crippen molar-refractivity contribution in [3.8, 4) is 5.75 Å². The molecule has 0 spiro atoms. The van der Waals surface area contributed by atoms with Gasteiger partial charge in [-0.15, -0.1) is 0 Å². The van der Waals surface area contributed by atoms with E-state index >= 15 is 8.78 Å². The van der Waals surface area contributed by atoms with E-state index in [9.17, 15) is 9.90 Å². The number of carbonyl (C=O) groups is 1. The average molecular weight is 563 g/mol. The minimum absolute atomic E-state index is 0.00436. The Hall–Kier alpha value is -2.71. The molecule has 0 aliphatic carbocycles. The summed E-state index contributed by atoms with van der Waals surface area (Å²) in [4.78, 5) is 12.5. The van der Waals surface area contributed by atoms with E-state index in [-0.39, 0.29) is 21.2 Å². The van der Waals surface area contributed by atoms with Crippen molar-refractivity contribution >= 4 is 29.2 Å². The standard InChI is InChI=1S/C29H30Cl2F2N2O3/c1-28(2,14-16-7-10-18(38-3)11-8-16)15-23-29(34,20-12-9-17(30)13-22(20)32)24(26(35-23)27(36)37)19-5-4-6-21(31)25(19)33/h4-13,23-24,26,35H,14-15,34H2,1-3H3,(H,36,37). The van der Waals surface area contributed by atoms with Gasteiger partial charge in [-0.3, -0.25) is 10.1 Å². The summed E-state index contributed by atoms with van der Waals surface area (Å²) in [6.07, 6.45) is 0.988. The topological polar surface area (TPSA) is 84.6 Å². The van der Waals surface area contributed by atoms with Crippen LogP contribution in [0.15, 0.2) is 60.7 Å². The number of halogens is 4. The van der Waals surface area contributed by atoms with E-state index in [0.29, 0.717) is 12.8 Å². The monoisotopic (exact) mass is 562 g/mol. The molecular weight excluding hydrogens is 533 g/mol. The van der Waals surface area contributed by atoms with Gasteiger partial charge in [0, 0.05) is 22.5 Å². The molecule has 9 heteroatoms. The van der Waals surface area contributed by atoms with Gasteiger partial charge in [-0.25, -0.2) is 8.78 Å². The molecule has 0 amide bonds. The van der Waals surface area contributed by atoms with Crippen LogP contribution in [0.25, 0.3) is 0 Å². The molecule has 5 nitrogen and oxygen atoms in total. The minimum atomic E-state index is -1.65. The van der Waals surface area contributed by atoms with Crippen molar-refractivity contribution in [3.63, 3.8) is 0 Å². The zero-order valence-electron chi connectivity index (χ0n) is 21.3. The lowest BCUT2D eigenvalue weighted by Crippen LogP contribution is -2.52. The second-order valence-corrected chi connectivity index (χ2v) is 11.4. The molecule has 0 bridgehead atoms. The number of ether oxygens (including phenoxy) is 1. The molecule has 0 saturated carbocycles. The van der Waals surface area contributed by atoms with Crippen LogP contribution in [0.1, 0.15) is 42.9 Å². The highest BCUT2D eigenvalue weighted by atomic mass is 35.5. The Labute approximate surface area is 230 Å². The van der Waals surface area contributed by atoms with Gasteiger partial charge in [-0.05, 0) is 59.7 Å². The Bertz CT molecular complexity index is 1340. The predicted molar refractivity (Wildman–Crippen MR) is 145 cm³/mol. The SMILES string of the molecule is COc1ccc(CC(C)(C)CC2NC(C(=O)O)C(c3cccc(Cl)c3F)C2(N)c2ccc(Cl)cc2F)cc1. The van der Waals surface area contributed by atoms with Crippen LogP contribution in [-0.4, -0.2) is 30.3 Å². The molecule has 1 fully saturated rings. The third-order valence-corrected chi connectivity index (χ3v) is 7.91. The van der Waals surface area contributed by atoms with E-state index in [1.807, 2.05) is 38.1 Å². The summed E-state index contributed by atoms with van der Waals surface area (Å²) in [6.45, 7) is 4.06. The van der Waals surface area contributed by atoms with Crippen molar-refractivity contribution in [2.75, 3.05) is 7.11 Å². The summed E-state index contributed by atoms with van der Waals surface area (Å²) in [7, 11) is 1.60. The number of carboxylic acids is 1. The van der Waals surface area contributed by atoms with E-state index in [0.717, 1.165) is 17.4 Å². The number of aliphatic carboxylic acids is 1. The molecule has 4 rings (SSSR count). The second-order valence-electron chi connectivity index (χ2n) is 10.6. The summed E-state index contributed by atoms with van der Waals surface area (Å²) < 4.78 is 36.1. The lowest BCUT2D eigenvalue weighted by Gasteiger charge is -2.40. The van der Waals surface area contributed by atoms with Gasteiger partial charge in [-0.1, -0.05) is 67.4 Å². The number of hydrogen-bond acceptors (Lipinski definition) is 4. The van der Waals surface area contributed by atoms with Crippen LogP contribution in [0.2, 0.25) is 10.0 Å². The number of rotatable bonds is 8. The van der Waals surface area contributed by atoms with Crippen molar-refractivity contribution in [1.29, 1.82) is 0 Å². The van der Waals surface area contributed by atoms with Gasteiger partial charge in [0.05, 0.1) is 17.7 Å². The zero-order valence-corrected chi connectivity index (χ0v) is 22.8. The number of carboxylic acid groups (broad SMARTS) is 1. The highest BCUT2D eigenvalue weighted by Crippen LogP contribution is 2.50. The lowest BCUT2D eigenvalue weighted by molar-refractivity contribution is -0.139. The van der Waals surface area contributed by atoms with Crippen LogP contribution in [0, 0.1) is 17.0 Å². The third kappa shape index (κ3) is 5.38. The molecule has 4 unspecified atom stereocenters. The van der Waals surface area contributed by atoms with E-state index in [1.165, 1.54) is 30.3 Å². The van der Waals surface area contributed by atoms with Crippen molar-refractivity contribution in [3.05, 3.63) is 99.0 Å². The fourth-order valence-electron chi connectivity index (χ4n) is 5.70. The Morgan fingerprint density at radius 3 is 2.42 bits per heavy atom. The maximum atomic E-state index is 15.5. The summed E-state index contributed by atoms with van der Waals surface area (Å²) >= 11 is 12.1. The zero-order chi connectivity index (χ0) is 27.8. The smallest absolute Gasteiger partial charge is 0.321 e. The quantitative estimate of drug-likeness (QED) is 0.300. The van der Waals surface area contributed by atoms with Gasteiger partial charge in [-0.2, -0.15) is 0 Å². The molecule has 38 heavy (non-hydrogen) atoms. The van der Waals surface area contributed by atoms with Crippen molar-refractivity contribution < 1.29 is 23.4 Å². The fraction of sp³-hybridized carbons (Fsp3) is 0.345. The number of hydrogen-bond donors (Lipinski definition) is 3. The highest BCUT2D eigenvalue weighted by Gasteiger charge is 2.58. The van der Waals surface area contributed by atoms with Crippen LogP contribution >= 0.6 is 23.2 Å². The maximum Gasteiger partial charge on any atom is 0.321 e. The largest absolute Gasteiger partial charge is 0.497 e. The van der Waals surface area contributed by atoms with E-state index in [4.69, 9.17) is 33.7 Å². The first-order valence-electron chi connectivity index (χ1n) is 12.2. The van der Waals surface area contributed by atoms with Crippen molar-refractivity contribution in [2.24, 2.45) is 11.1 Å². The minimum Gasteiger partial charge on any atom is -0.497 e. The van der Waals surface area contributed by atoms with Gasteiger partial charge in [0.2, 0.25) is 0 Å². The van der Waals surface area contributed by atoms with Gasteiger partial charge in [0.1, 0.15) is 23.4 Å². The lowest BCUT2D eigenvalue weighted by atomic mass is 9.67. The van der Waals surface area contributed by atoms with E-state index < -0.39 is 46.6 Å².